The Kier molecular flexibility index (Phi) is 3.33. The predicted octanol–water partition coefficient (Wildman–Crippen LogP) is 1.66. The van der Waals surface area contributed by atoms with Crippen LogP contribution in [0.15, 0.2) is 18.2 Å². The zero-order valence-corrected chi connectivity index (χ0v) is 10.6. The molecule has 1 fully saturated rings. The van der Waals surface area contributed by atoms with Gasteiger partial charge in [-0.05, 0) is 31.0 Å². The summed E-state index contributed by atoms with van der Waals surface area (Å²) in [5.41, 5.74) is 0.987. The van der Waals surface area contributed by atoms with Crippen molar-refractivity contribution >= 4 is 17.8 Å². The molecular formula is C13H13FN2O3. The molecule has 0 saturated carbocycles. The minimum Gasteiger partial charge on any atom is -0.277 e. The number of halogens is 1. The van der Waals surface area contributed by atoms with Crippen molar-refractivity contribution in [3.63, 3.8) is 0 Å². The van der Waals surface area contributed by atoms with Gasteiger partial charge in [0.1, 0.15) is 12.2 Å². The molecule has 0 spiro atoms. The van der Waals surface area contributed by atoms with Crippen LogP contribution in [0, 0.1) is 12.7 Å². The Labute approximate surface area is 109 Å². The molecule has 1 atom stereocenters. The maximum absolute atomic E-state index is 13.5. The summed E-state index contributed by atoms with van der Waals surface area (Å²) >= 11 is 0. The van der Waals surface area contributed by atoms with Crippen LogP contribution in [0.1, 0.15) is 30.5 Å². The van der Waals surface area contributed by atoms with Gasteiger partial charge in [-0.2, -0.15) is 0 Å². The predicted molar refractivity (Wildman–Crippen MR) is 64.6 cm³/mol. The molecule has 1 aliphatic heterocycles. The number of aryl methyl sites for hydroxylation is 1. The van der Waals surface area contributed by atoms with E-state index in [1.54, 1.807) is 26.0 Å². The van der Waals surface area contributed by atoms with Gasteiger partial charge in [-0.1, -0.05) is 12.1 Å². The Morgan fingerprint density at radius 3 is 2.58 bits per heavy atom. The molecule has 19 heavy (non-hydrogen) atoms. The van der Waals surface area contributed by atoms with Crippen LogP contribution in [-0.2, 0) is 9.59 Å². The van der Waals surface area contributed by atoms with Crippen molar-refractivity contribution in [2.24, 2.45) is 0 Å². The van der Waals surface area contributed by atoms with E-state index in [0.717, 1.165) is 4.90 Å². The number of hydrogen-bond donors (Lipinski definition) is 1. The Morgan fingerprint density at radius 2 is 2.00 bits per heavy atom. The van der Waals surface area contributed by atoms with Gasteiger partial charge in [0.15, 0.2) is 0 Å². The number of benzene rings is 1. The second kappa shape index (κ2) is 4.79. The van der Waals surface area contributed by atoms with Crippen molar-refractivity contribution < 1.29 is 18.8 Å². The van der Waals surface area contributed by atoms with Crippen LogP contribution in [0.3, 0.4) is 0 Å². The monoisotopic (exact) mass is 264 g/mol. The Morgan fingerprint density at radius 1 is 1.32 bits per heavy atom. The lowest BCUT2D eigenvalue weighted by Crippen LogP contribution is -2.53. The summed E-state index contributed by atoms with van der Waals surface area (Å²) in [7, 11) is 0. The summed E-state index contributed by atoms with van der Waals surface area (Å²) in [5.74, 6) is -1.60. The minimum atomic E-state index is -0.769. The van der Waals surface area contributed by atoms with E-state index in [4.69, 9.17) is 0 Å². The Balaban J connectivity index is 2.30. The summed E-state index contributed by atoms with van der Waals surface area (Å²) in [5, 5.41) is 2.07. The standard InChI is InChI=1S/C13H13FN2O3/c1-7-3-4-9(5-10(7)14)8(2)16-12(18)6-11(17)15-13(16)19/h3-5,8H,6H2,1-2H3,(H,15,17,19). The van der Waals surface area contributed by atoms with Gasteiger partial charge in [0.05, 0.1) is 6.04 Å². The van der Waals surface area contributed by atoms with Crippen molar-refractivity contribution in [1.29, 1.82) is 0 Å². The molecule has 1 heterocycles. The smallest absolute Gasteiger partial charge is 0.277 e. The van der Waals surface area contributed by atoms with Gasteiger partial charge in [-0.3, -0.25) is 19.8 Å². The number of amides is 4. The minimum absolute atomic E-state index is 0.371. The third-order valence-electron chi connectivity index (χ3n) is 3.11. The molecule has 4 amide bonds. The number of urea groups is 1. The topological polar surface area (TPSA) is 66.5 Å². The number of imide groups is 2. The average molecular weight is 264 g/mol. The first kappa shape index (κ1) is 13.2. The van der Waals surface area contributed by atoms with Crippen molar-refractivity contribution in [2.75, 3.05) is 0 Å². The summed E-state index contributed by atoms with van der Waals surface area (Å²) in [6.45, 7) is 3.23. The zero-order valence-electron chi connectivity index (χ0n) is 10.6. The summed E-state index contributed by atoms with van der Waals surface area (Å²) in [6.07, 6.45) is -0.371. The molecule has 0 aliphatic carbocycles. The van der Waals surface area contributed by atoms with Crippen LogP contribution in [0.5, 0.6) is 0 Å². The third kappa shape index (κ3) is 2.47. The van der Waals surface area contributed by atoms with E-state index in [-0.39, 0.29) is 6.42 Å². The first-order valence-corrected chi connectivity index (χ1v) is 5.82. The average Bonchev–Trinajstić information content (AvgIpc) is 2.31. The molecule has 0 bridgehead atoms. The number of rotatable bonds is 2. The molecule has 1 N–H and O–H groups in total. The highest BCUT2D eigenvalue weighted by molar-refractivity contribution is 6.14. The lowest BCUT2D eigenvalue weighted by molar-refractivity contribution is -0.137. The number of carbonyl (C=O) groups is 3. The molecule has 5 nitrogen and oxygen atoms in total. The molecule has 6 heteroatoms. The van der Waals surface area contributed by atoms with Gasteiger partial charge in [0.25, 0.3) is 0 Å². The number of barbiturate groups is 1. The molecule has 0 radical (unpaired) electrons. The highest BCUT2D eigenvalue weighted by atomic mass is 19.1. The fourth-order valence-electron chi connectivity index (χ4n) is 1.97. The molecule has 1 saturated heterocycles. The molecule has 1 aromatic carbocycles. The van der Waals surface area contributed by atoms with Gasteiger partial charge in [0, 0.05) is 0 Å². The van der Waals surface area contributed by atoms with Gasteiger partial charge < -0.3 is 0 Å². The number of nitrogens with one attached hydrogen (secondary N) is 1. The highest BCUT2D eigenvalue weighted by Gasteiger charge is 2.34. The molecule has 100 valence electrons. The summed E-state index contributed by atoms with van der Waals surface area (Å²) in [6, 6.07) is 3.13. The zero-order chi connectivity index (χ0) is 14.2. The van der Waals surface area contributed by atoms with Crippen LogP contribution in [0.2, 0.25) is 0 Å². The highest BCUT2D eigenvalue weighted by Crippen LogP contribution is 2.24. The maximum Gasteiger partial charge on any atom is 0.331 e. The summed E-state index contributed by atoms with van der Waals surface area (Å²) < 4.78 is 13.5. The molecule has 1 unspecified atom stereocenters. The molecule has 1 aromatic rings. The second-order valence-corrected chi connectivity index (χ2v) is 4.48. The third-order valence-corrected chi connectivity index (χ3v) is 3.11. The number of nitrogens with zero attached hydrogens (tertiary/aromatic N) is 1. The van der Waals surface area contributed by atoms with E-state index < -0.39 is 29.7 Å². The number of hydrogen-bond acceptors (Lipinski definition) is 3. The van der Waals surface area contributed by atoms with Crippen molar-refractivity contribution in [3.05, 3.63) is 35.1 Å². The van der Waals surface area contributed by atoms with Crippen LogP contribution in [-0.4, -0.2) is 22.7 Å². The van der Waals surface area contributed by atoms with Gasteiger partial charge in [0.2, 0.25) is 11.8 Å². The van der Waals surface area contributed by atoms with E-state index in [2.05, 4.69) is 5.32 Å². The van der Waals surface area contributed by atoms with Crippen molar-refractivity contribution in [3.8, 4) is 0 Å². The Bertz CT molecular complexity index is 551. The normalized spacial score (nSPS) is 17.4. The lowest BCUT2D eigenvalue weighted by atomic mass is 10.0. The molecule has 0 aromatic heterocycles. The maximum atomic E-state index is 13.5. The van der Waals surface area contributed by atoms with E-state index in [9.17, 15) is 18.8 Å². The van der Waals surface area contributed by atoms with Gasteiger partial charge in [-0.15, -0.1) is 0 Å². The van der Waals surface area contributed by atoms with E-state index in [0.29, 0.717) is 11.1 Å². The Hall–Kier alpha value is -2.24. The largest absolute Gasteiger partial charge is 0.331 e. The quantitative estimate of drug-likeness (QED) is 0.826. The fraction of sp³-hybridized carbons (Fsp3) is 0.308. The van der Waals surface area contributed by atoms with Crippen LogP contribution in [0.25, 0.3) is 0 Å². The number of carbonyl (C=O) groups excluding carboxylic acids is 3. The van der Waals surface area contributed by atoms with E-state index in [1.165, 1.54) is 6.07 Å². The van der Waals surface area contributed by atoms with Gasteiger partial charge >= 0.3 is 6.03 Å². The summed E-state index contributed by atoms with van der Waals surface area (Å²) in [4.78, 5) is 35.4. The van der Waals surface area contributed by atoms with Gasteiger partial charge in [-0.25, -0.2) is 9.18 Å². The van der Waals surface area contributed by atoms with Crippen molar-refractivity contribution in [2.45, 2.75) is 26.3 Å². The molecular weight excluding hydrogens is 251 g/mol. The van der Waals surface area contributed by atoms with Crippen molar-refractivity contribution in [1.82, 2.24) is 10.2 Å². The fourth-order valence-corrected chi connectivity index (χ4v) is 1.97. The first-order chi connectivity index (χ1) is 8.90. The molecule has 1 aliphatic rings. The first-order valence-electron chi connectivity index (χ1n) is 5.82. The van der Waals surface area contributed by atoms with Crippen LogP contribution >= 0.6 is 0 Å². The van der Waals surface area contributed by atoms with Crippen LogP contribution in [0.4, 0.5) is 9.18 Å². The molecule has 2 rings (SSSR count). The van der Waals surface area contributed by atoms with Crippen LogP contribution < -0.4 is 5.32 Å². The SMILES string of the molecule is Cc1ccc(C(C)N2C(=O)CC(=O)NC2=O)cc1F. The second-order valence-electron chi connectivity index (χ2n) is 4.48. The lowest BCUT2D eigenvalue weighted by Gasteiger charge is -2.30. The van der Waals surface area contributed by atoms with E-state index in [1.807, 2.05) is 0 Å². The van der Waals surface area contributed by atoms with E-state index >= 15 is 0 Å².